The maximum atomic E-state index is 13.1. The van der Waals surface area contributed by atoms with Gasteiger partial charge in [0, 0.05) is 41.5 Å². The van der Waals surface area contributed by atoms with Crippen molar-refractivity contribution in [1.82, 2.24) is 15.1 Å². The second kappa shape index (κ2) is 9.09. The van der Waals surface area contributed by atoms with Gasteiger partial charge in [-0.05, 0) is 58.0 Å². The first-order chi connectivity index (χ1) is 14.5. The Morgan fingerprint density at radius 3 is 2.68 bits per heavy atom. The molecule has 0 spiro atoms. The minimum Gasteiger partial charge on any atom is -0.326 e. The van der Waals surface area contributed by atoms with E-state index in [4.69, 9.17) is 0 Å². The lowest BCUT2D eigenvalue weighted by Gasteiger charge is -2.22. The summed E-state index contributed by atoms with van der Waals surface area (Å²) in [4.78, 5) is 26.8. The lowest BCUT2D eigenvalue weighted by molar-refractivity contribution is -0.142. The SMILES string of the molecule is Cc1ccc(NC(=O)C2CCc3[nH]nc(C(F)(F)F)c3C2)cc1NC(=O)CCN(C)C. The molecule has 0 fully saturated rings. The minimum absolute atomic E-state index is 0.0213. The summed E-state index contributed by atoms with van der Waals surface area (Å²) in [6, 6.07) is 5.14. The zero-order valence-electron chi connectivity index (χ0n) is 17.7. The number of nitrogens with one attached hydrogen (secondary N) is 3. The van der Waals surface area contributed by atoms with Crippen molar-refractivity contribution in [1.29, 1.82) is 0 Å². The van der Waals surface area contributed by atoms with Crippen LogP contribution in [0.25, 0.3) is 0 Å². The molecular formula is C21H26F3N5O2. The monoisotopic (exact) mass is 437 g/mol. The number of aromatic amines is 1. The van der Waals surface area contributed by atoms with Crippen LogP contribution in [0.4, 0.5) is 24.5 Å². The second-order valence-electron chi connectivity index (χ2n) is 8.09. The Hall–Kier alpha value is -2.88. The summed E-state index contributed by atoms with van der Waals surface area (Å²) in [6.07, 6.45) is -3.48. The molecule has 0 saturated carbocycles. The zero-order valence-corrected chi connectivity index (χ0v) is 17.7. The average Bonchev–Trinajstić information content (AvgIpc) is 3.12. The van der Waals surface area contributed by atoms with Gasteiger partial charge < -0.3 is 15.5 Å². The van der Waals surface area contributed by atoms with Crippen LogP contribution in [0, 0.1) is 12.8 Å². The number of fused-ring (bicyclic) bond motifs is 1. The van der Waals surface area contributed by atoms with Crippen LogP contribution in [0.3, 0.4) is 0 Å². The highest BCUT2D eigenvalue weighted by molar-refractivity contribution is 5.95. The maximum Gasteiger partial charge on any atom is 0.435 e. The van der Waals surface area contributed by atoms with E-state index in [9.17, 15) is 22.8 Å². The van der Waals surface area contributed by atoms with Crippen LogP contribution in [0.15, 0.2) is 18.2 Å². The van der Waals surface area contributed by atoms with Gasteiger partial charge in [0.1, 0.15) is 0 Å². The molecule has 1 aromatic heterocycles. The smallest absolute Gasteiger partial charge is 0.326 e. The Kier molecular flexibility index (Phi) is 6.68. The third kappa shape index (κ3) is 5.63. The fourth-order valence-corrected chi connectivity index (χ4v) is 3.57. The van der Waals surface area contributed by atoms with E-state index in [1.165, 1.54) is 0 Å². The Bertz CT molecular complexity index is 968. The Morgan fingerprint density at radius 2 is 2.00 bits per heavy atom. The fraction of sp³-hybridized carbons (Fsp3) is 0.476. The van der Waals surface area contributed by atoms with Gasteiger partial charge in [-0.15, -0.1) is 0 Å². The van der Waals surface area contributed by atoms with Crippen molar-refractivity contribution in [2.75, 3.05) is 31.3 Å². The zero-order chi connectivity index (χ0) is 22.8. The standard InChI is InChI=1S/C21H26F3N5O2/c1-12-4-6-14(11-17(12)26-18(30)8-9-29(2)3)25-20(31)13-5-7-16-15(10-13)19(28-27-16)21(22,23)24/h4,6,11,13H,5,7-10H2,1-3H3,(H,25,31)(H,26,30)(H,27,28). The highest BCUT2D eigenvalue weighted by Gasteiger charge is 2.40. The van der Waals surface area contributed by atoms with Gasteiger partial charge in [0.15, 0.2) is 5.69 Å². The van der Waals surface area contributed by atoms with Crippen molar-refractivity contribution in [3.63, 3.8) is 0 Å². The molecule has 3 N–H and O–H groups in total. The van der Waals surface area contributed by atoms with E-state index in [2.05, 4.69) is 20.8 Å². The number of carbonyl (C=O) groups is 2. The summed E-state index contributed by atoms with van der Waals surface area (Å²) in [7, 11) is 3.76. The molecule has 10 heteroatoms. The van der Waals surface area contributed by atoms with Gasteiger partial charge in [-0.25, -0.2) is 0 Å². The summed E-state index contributed by atoms with van der Waals surface area (Å²) in [5.74, 6) is -1.08. The molecule has 1 unspecified atom stereocenters. The van der Waals surface area contributed by atoms with Crippen LogP contribution in [0.5, 0.6) is 0 Å². The fourth-order valence-electron chi connectivity index (χ4n) is 3.57. The van der Waals surface area contributed by atoms with Crippen molar-refractivity contribution >= 4 is 23.2 Å². The number of amides is 2. The number of alkyl halides is 3. The van der Waals surface area contributed by atoms with E-state index in [1.54, 1.807) is 18.2 Å². The van der Waals surface area contributed by atoms with Crippen molar-refractivity contribution < 1.29 is 22.8 Å². The molecule has 0 saturated heterocycles. The van der Waals surface area contributed by atoms with E-state index >= 15 is 0 Å². The number of benzene rings is 1. The van der Waals surface area contributed by atoms with Crippen LogP contribution < -0.4 is 10.6 Å². The molecular weight excluding hydrogens is 411 g/mol. The van der Waals surface area contributed by atoms with Crippen LogP contribution in [0.1, 0.15) is 35.4 Å². The first-order valence-corrected chi connectivity index (χ1v) is 10.0. The number of carbonyl (C=O) groups excluding carboxylic acids is 2. The van der Waals surface area contributed by atoms with E-state index < -0.39 is 17.8 Å². The Balaban J connectivity index is 1.67. The minimum atomic E-state index is -4.56. The van der Waals surface area contributed by atoms with Gasteiger partial charge in [-0.3, -0.25) is 14.7 Å². The van der Waals surface area contributed by atoms with Crippen LogP contribution >= 0.6 is 0 Å². The van der Waals surface area contributed by atoms with Crippen LogP contribution in [-0.4, -0.2) is 47.6 Å². The van der Waals surface area contributed by atoms with Gasteiger partial charge in [-0.1, -0.05) is 6.07 Å². The van der Waals surface area contributed by atoms with Gasteiger partial charge in [-0.2, -0.15) is 18.3 Å². The van der Waals surface area contributed by atoms with Crippen molar-refractivity contribution in [2.24, 2.45) is 5.92 Å². The van der Waals surface area contributed by atoms with Crippen molar-refractivity contribution in [3.8, 4) is 0 Å². The normalized spacial score (nSPS) is 16.2. The van der Waals surface area contributed by atoms with E-state index in [1.807, 2.05) is 25.9 Å². The second-order valence-corrected chi connectivity index (χ2v) is 8.09. The molecule has 3 rings (SSSR count). The number of anilines is 2. The maximum absolute atomic E-state index is 13.1. The quantitative estimate of drug-likeness (QED) is 0.646. The number of hydrogen-bond donors (Lipinski definition) is 3. The number of aryl methyl sites for hydroxylation is 2. The molecule has 0 radical (unpaired) electrons. The summed E-state index contributed by atoms with van der Waals surface area (Å²) >= 11 is 0. The highest BCUT2D eigenvalue weighted by Crippen LogP contribution is 2.36. The van der Waals surface area contributed by atoms with Gasteiger partial charge in [0.25, 0.3) is 0 Å². The lowest BCUT2D eigenvalue weighted by atomic mass is 9.85. The molecule has 1 atom stereocenters. The van der Waals surface area contributed by atoms with Gasteiger partial charge >= 0.3 is 6.18 Å². The van der Waals surface area contributed by atoms with Crippen LogP contribution in [0.2, 0.25) is 0 Å². The molecule has 2 aromatic rings. The number of hydrogen-bond acceptors (Lipinski definition) is 4. The number of nitrogens with zero attached hydrogens (tertiary/aromatic N) is 2. The Labute approximate surface area is 178 Å². The van der Waals surface area contributed by atoms with E-state index in [0.29, 0.717) is 42.9 Å². The van der Waals surface area contributed by atoms with E-state index in [-0.39, 0.29) is 23.8 Å². The average molecular weight is 437 g/mol. The molecule has 0 bridgehead atoms. The molecule has 0 aliphatic heterocycles. The highest BCUT2D eigenvalue weighted by atomic mass is 19.4. The molecule has 31 heavy (non-hydrogen) atoms. The Morgan fingerprint density at radius 1 is 1.26 bits per heavy atom. The van der Waals surface area contributed by atoms with Crippen LogP contribution in [-0.2, 0) is 28.6 Å². The topological polar surface area (TPSA) is 90.1 Å². The summed E-state index contributed by atoms with van der Waals surface area (Å²) in [5.41, 5.74) is 1.46. The molecule has 1 aromatic carbocycles. The summed E-state index contributed by atoms with van der Waals surface area (Å²) < 4.78 is 39.4. The van der Waals surface area contributed by atoms with Gasteiger partial charge in [0.05, 0.1) is 0 Å². The van der Waals surface area contributed by atoms with Crippen molar-refractivity contribution in [3.05, 3.63) is 40.7 Å². The molecule has 1 aliphatic carbocycles. The molecule has 7 nitrogen and oxygen atoms in total. The van der Waals surface area contributed by atoms with Gasteiger partial charge in [0.2, 0.25) is 11.8 Å². The first kappa shape index (κ1) is 22.8. The summed E-state index contributed by atoms with van der Waals surface area (Å²) in [5, 5.41) is 11.5. The predicted molar refractivity (Wildman–Crippen MR) is 111 cm³/mol. The summed E-state index contributed by atoms with van der Waals surface area (Å²) in [6.45, 7) is 2.45. The molecule has 1 aliphatic rings. The molecule has 2 amide bonds. The third-order valence-electron chi connectivity index (χ3n) is 5.35. The van der Waals surface area contributed by atoms with E-state index in [0.717, 1.165) is 5.56 Å². The first-order valence-electron chi connectivity index (χ1n) is 10.0. The predicted octanol–water partition coefficient (Wildman–Crippen LogP) is 3.37. The van der Waals surface area contributed by atoms with Crippen molar-refractivity contribution in [2.45, 2.75) is 38.8 Å². The third-order valence-corrected chi connectivity index (χ3v) is 5.35. The number of halogens is 3. The molecule has 1 heterocycles. The number of rotatable bonds is 6. The largest absolute Gasteiger partial charge is 0.435 e. The number of aromatic nitrogens is 2. The number of H-pyrrole nitrogens is 1. The lowest BCUT2D eigenvalue weighted by Crippen LogP contribution is -2.29. The molecule has 168 valence electrons.